The van der Waals surface area contributed by atoms with Crippen molar-refractivity contribution in [3.05, 3.63) is 71.3 Å². The van der Waals surface area contributed by atoms with Crippen LogP contribution in [-0.2, 0) is 11.4 Å². The Hall–Kier alpha value is -2.69. The topological polar surface area (TPSA) is 46.5 Å². The lowest BCUT2D eigenvalue weighted by molar-refractivity contribution is -0.131. The third-order valence-corrected chi connectivity index (χ3v) is 2.72. The van der Waals surface area contributed by atoms with Crippen LogP contribution in [0, 0.1) is 11.6 Å². The summed E-state index contributed by atoms with van der Waals surface area (Å²) in [6.45, 7) is -0.245. The van der Waals surface area contributed by atoms with Gasteiger partial charge in [-0.25, -0.2) is 13.6 Å². The van der Waals surface area contributed by atoms with Crippen molar-refractivity contribution in [2.45, 2.75) is 6.61 Å². The maximum atomic E-state index is 13.4. The monoisotopic (exact) mass is 290 g/mol. The molecule has 0 saturated carbocycles. The highest BCUT2D eigenvalue weighted by Gasteiger charge is 2.08. The Bertz CT molecular complexity index is 661. The van der Waals surface area contributed by atoms with Crippen molar-refractivity contribution < 1.29 is 23.4 Å². The van der Waals surface area contributed by atoms with Gasteiger partial charge in [-0.1, -0.05) is 18.2 Å². The number of carboxylic acids is 1. The minimum Gasteiger partial charge on any atom is -0.489 e. The number of rotatable bonds is 5. The third-order valence-electron chi connectivity index (χ3n) is 2.72. The summed E-state index contributed by atoms with van der Waals surface area (Å²) in [5, 5.41) is 8.56. The van der Waals surface area contributed by atoms with Gasteiger partial charge < -0.3 is 9.84 Å². The molecule has 21 heavy (non-hydrogen) atoms. The molecular formula is C16H12F2O3. The lowest BCUT2D eigenvalue weighted by atomic mass is 10.2. The molecule has 0 unspecified atom stereocenters. The van der Waals surface area contributed by atoms with Crippen LogP contribution in [0.3, 0.4) is 0 Å². The number of hydrogen-bond acceptors (Lipinski definition) is 2. The van der Waals surface area contributed by atoms with Gasteiger partial charge in [0.1, 0.15) is 24.0 Å². The van der Waals surface area contributed by atoms with Crippen LogP contribution in [0.1, 0.15) is 11.1 Å². The second kappa shape index (κ2) is 6.65. The van der Waals surface area contributed by atoms with E-state index in [1.54, 1.807) is 24.3 Å². The summed E-state index contributed by atoms with van der Waals surface area (Å²) in [7, 11) is 0. The van der Waals surface area contributed by atoms with Crippen molar-refractivity contribution in [1.29, 1.82) is 0 Å². The Morgan fingerprint density at radius 2 is 1.81 bits per heavy atom. The molecular weight excluding hydrogens is 278 g/mol. The van der Waals surface area contributed by atoms with E-state index in [4.69, 9.17) is 9.84 Å². The van der Waals surface area contributed by atoms with Crippen LogP contribution >= 0.6 is 0 Å². The standard InChI is InChI=1S/C16H12F2O3/c17-14-5-2-6-15(18)13(14)10-21-12-4-1-3-11(9-12)7-8-16(19)20/h1-9H,10H2,(H,19,20)/b8-7+. The summed E-state index contributed by atoms with van der Waals surface area (Å²) in [6.07, 6.45) is 2.40. The maximum absolute atomic E-state index is 13.4. The van der Waals surface area contributed by atoms with Gasteiger partial charge in [-0.05, 0) is 35.9 Å². The van der Waals surface area contributed by atoms with Crippen LogP contribution in [0.2, 0.25) is 0 Å². The van der Waals surface area contributed by atoms with Crippen molar-refractivity contribution in [3.63, 3.8) is 0 Å². The number of aliphatic carboxylic acids is 1. The van der Waals surface area contributed by atoms with E-state index in [0.717, 1.165) is 18.2 Å². The first kappa shape index (κ1) is 14.7. The highest BCUT2D eigenvalue weighted by Crippen LogP contribution is 2.18. The molecule has 0 aromatic heterocycles. The molecule has 0 heterocycles. The summed E-state index contributed by atoms with van der Waals surface area (Å²) in [6, 6.07) is 10.2. The first-order valence-electron chi connectivity index (χ1n) is 6.13. The van der Waals surface area contributed by atoms with Crippen LogP contribution in [0.25, 0.3) is 6.08 Å². The van der Waals surface area contributed by atoms with E-state index in [2.05, 4.69) is 0 Å². The largest absolute Gasteiger partial charge is 0.489 e. The molecule has 5 heteroatoms. The van der Waals surface area contributed by atoms with E-state index in [9.17, 15) is 13.6 Å². The van der Waals surface area contributed by atoms with Gasteiger partial charge in [0.25, 0.3) is 0 Å². The first-order valence-corrected chi connectivity index (χ1v) is 6.13. The first-order chi connectivity index (χ1) is 10.1. The molecule has 108 valence electrons. The van der Waals surface area contributed by atoms with E-state index in [1.165, 1.54) is 12.1 Å². The molecule has 0 aliphatic rings. The van der Waals surface area contributed by atoms with Gasteiger partial charge >= 0.3 is 5.97 Å². The third kappa shape index (κ3) is 4.14. The van der Waals surface area contributed by atoms with Gasteiger partial charge in [-0.3, -0.25) is 0 Å². The van der Waals surface area contributed by atoms with Crippen LogP contribution in [0.4, 0.5) is 8.78 Å². The molecule has 0 bridgehead atoms. The minimum absolute atomic E-state index is 0.149. The lowest BCUT2D eigenvalue weighted by Gasteiger charge is -2.08. The van der Waals surface area contributed by atoms with Gasteiger partial charge in [0.15, 0.2) is 0 Å². The summed E-state index contributed by atoms with van der Waals surface area (Å²) in [5.74, 6) is -2.01. The summed E-state index contributed by atoms with van der Waals surface area (Å²) >= 11 is 0. The molecule has 0 aliphatic carbocycles. The molecule has 0 aliphatic heterocycles. The predicted octanol–water partition coefficient (Wildman–Crippen LogP) is 3.64. The van der Waals surface area contributed by atoms with E-state index in [1.807, 2.05) is 0 Å². The molecule has 0 amide bonds. The lowest BCUT2D eigenvalue weighted by Crippen LogP contribution is -2.01. The molecule has 2 rings (SSSR count). The van der Waals surface area contributed by atoms with Crippen LogP contribution in [0.5, 0.6) is 5.75 Å². The summed E-state index contributed by atoms with van der Waals surface area (Å²) < 4.78 is 32.2. The Morgan fingerprint density at radius 1 is 1.14 bits per heavy atom. The Morgan fingerprint density at radius 3 is 2.48 bits per heavy atom. The molecule has 3 nitrogen and oxygen atoms in total. The Kier molecular flexibility index (Phi) is 4.66. The fourth-order valence-corrected chi connectivity index (χ4v) is 1.70. The van der Waals surface area contributed by atoms with Crippen LogP contribution in [-0.4, -0.2) is 11.1 Å². The SMILES string of the molecule is O=C(O)/C=C/c1cccc(OCc2c(F)cccc2F)c1. The average Bonchev–Trinajstić information content (AvgIpc) is 2.45. The second-order valence-electron chi connectivity index (χ2n) is 4.23. The van der Waals surface area contributed by atoms with E-state index in [-0.39, 0.29) is 12.2 Å². The highest BCUT2D eigenvalue weighted by atomic mass is 19.1. The van der Waals surface area contributed by atoms with Gasteiger partial charge in [-0.2, -0.15) is 0 Å². The summed E-state index contributed by atoms with van der Waals surface area (Å²) in [4.78, 5) is 10.4. The zero-order valence-corrected chi connectivity index (χ0v) is 10.9. The molecule has 0 spiro atoms. The predicted molar refractivity (Wildman–Crippen MR) is 73.8 cm³/mol. The smallest absolute Gasteiger partial charge is 0.328 e. The van der Waals surface area contributed by atoms with Gasteiger partial charge in [0, 0.05) is 6.08 Å². The molecule has 2 aromatic carbocycles. The number of carbonyl (C=O) groups is 1. The van der Waals surface area contributed by atoms with Crippen molar-refractivity contribution in [2.24, 2.45) is 0 Å². The number of hydrogen-bond donors (Lipinski definition) is 1. The van der Waals surface area contributed by atoms with Crippen LogP contribution in [0.15, 0.2) is 48.5 Å². The molecule has 2 aromatic rings. The fraction of sp³-hybridized carbons (Fsp3) is 0.0625. The quantitative estimate of drug-likeness (QED) is 0.855. The van der Waals surface area contributed by atoms with Crippen molar-refractivity contribution in [3.8, 4) is 5.75 Å². The molecule has 1 N–H and O–H groups in total. The van der Waals surface area contributed by atoms with Crippen molar-refractivity contribution in [1.82, 2.24) is 0 Å². The zero-order chi connectivity index (χ0) is 15.2. The number of benzene rings is 2. The second-order valence-corrected chi connectivity index (χ2v) is 4.23. The van der Waals surface area contributed by atoms with Gasteiger partial charge in [-0.15, -0.1) is 0 Å². The number of ether oxygens (including phenoxy) is 1. The number of carboxylic acid groups (broad SMARTS) is 1. The fourth-order valence-electron chi connectivity index (χ4n) is 1.70. The van der Waals surface area contributed by atoms with Crippen molar-refractivity contribution >= 4 is 12.0 Å². The maximum Gasteiger partial charge on any atom is 0.328 e. The van der Waals surface area contributed by atoms with Crippen LogP contribution < -0.4 is 4.74 Å². The van der Waals surface area contributed by atoms with E-state index in [0.29, 0.717) is 11.3 Å². The molecule has 0 radical (unpaired) electrons. The number of halogens is 2. The molecule has 0 saturated heterocycles. The van der Waals surface area contributed by atoms with Gasteiger partial charge in [0.05, 0.1) is 5.56 Å². The molecule has 0 fully saturated rings. The van der Waals surface area contributed by atoms with Crippen molar-refractivity contribution in [2.75, 3.05) is 0 Å². The average molecular weight is 290 g/mol. The Balaban J connectivity index is 2.10. The van der Waals surface area contributed by atoms with E-state index >= 15 is 0 Å². The van der Waals surface area contributed by atoms with E-state index < -0.39 is 17.6 Å². The zero-order valence-electron chi connectivity index (χ0n) is 10.9. The molecule has 0 atom stereocenters. The normalized spacial score (nSPS) is 10.8. The van der Waals surface area contributed by atoms with Gasteiger partial charge in [0.2, 0.25) is 0 Å². The summed E-state index contributed by atoms with van der Waals surface area (Å²) in [5.41, 5.74) is 0.466. The Labute approximate surface area is 120 Å². The minimum atomic E-state index is -1.06. The highest BCUT2D eigenvalue weighted by molar-refractivity contribution is 5.85.